The summed E-state index contributed by atoms with van der Waals surface area (Å²) in [7, 11) is 0. The fraction of sp³-hybridized carbons (Fsp3) is 0. The van der Waals surface area contributed by atoms with Gasteiger partial charge in [-0.15, -0.1) is 0 Å². The van der Waals surface area contributed by atoms with Crippen molar-refractivity contribution in [3.63, 3.8) is 0 Å². The maximum atomic E-state index is 3.69. The third kappa shape index (κ3) is 2.50. The van der Waals surface area contributed by atoms with Crippen molar-refractivity contribution in [3.05, 3.63) is 46.1 Å². The molecule has 0 atom stereocenters. The molecule has 0 bridgehead atoms. The lowest BCUT2D eigenvalue weighted by atomic mass is 10.1. The van der Waals surface area contributed by atoms with Crippen molar-refractivity contribution in [2.45, 2.75) is 0 Å². The van der Waals surface area contributed by atoms with E-state index in [4.69, 9.17) is 0 Å². The third-order valence-corrected chi connectivity index (χ3v) is 1.79. The number of benzene rings is 1. The van der Waals surface area contributed by atoms with Gasteiger partial charge < -0.3 is 0 Å². The van der Waals surface area contributed by atoms with Gasteiger partial charge in [0.15, 0.2) is 0 Å². The molecule has 0 saturated heterocycles. The molecule has 0 amide bonds. The Morgan fingerprint density at radius 2 is 1.64 bits per heavy atom. The van der Waals surface area contributed by atoms with Gasteiger partial charge in [0.25, 0.3) is 0 Å². The molecule has 0 aliphatic carbocycles. The summed E-state index contributed by atoms with van der Waals surface area (Å²) in [6.45, 7) is 3.69. The van der Waals surface area contributed by atoms with Crippen LogP contribution in [0.3, 0.4) is 0 Å². The van der Waals surface area contributed by atoms with E-state index >= 15 is 0 Å². The predicted octanol–water partition coefficient (Wildman–Crippen LogP) is 3.74. The van der Waals surface area contributed by atoms with Crippen molar-refractivity contribution >= 4 is 34.7 Å². The van der Waals surface area contributed by atoms with Gasteiger partial charge >= 0.3 is 0 Å². The Bertz CT molecular complexity index is 257. The van der Waals surface area contributed by atoms with E-state index < -0.39 is 0 Å². The monoisotopic (exact) mass is 256 g/mol. The molecule has 0 saturated carbocycles. The summed E-state index contributed by atoms with van der Waals surface area (Å²) in [4.78, 5) is 0. The largest absolute Gasteiger partial charge is 0.0985 e. The highest BCUT2D eigenvalue weighted by atomic mass is 127. The minimum absolute atomic E-state index is 1.16. The maximum absolute atomic E-state index is 3.69. The van der Waals surface area contributed by atoms with Gasteiger partial charge in [0.05, 0.1) is 0 Å². The first-order chi connectivity index (χ1) is 5.36. The highest BCUT2D eigenvalue weighted by Crippen LogP contribution is 2.07. The molecule has 0 aromatic heterocycles. The van der Waals surface area contributed by atoms with Gasteiger partial charge in [-0.1, -0.05) is 59.5 Å². The predicted molar refractivity (Wildman–Crippen MR) is 59.6 cm³/mol. The van der Waals surface area contributed by atoms with Crippen LogP contribution in [-0.4, -0.2) is 0 Å². The average Bonchev–Trinajstić information content (AvgIpc) is 2.07. The summed E-state index contributed by atoms with van der Waals surface area (Å²) in [6.07, 6.45) is 3.91. The molecule has 0 spiro atoms. The smallest absolute Gasteiger partial charge is 0.0228 e. The molecule has 0 heterocycles. The van der Waals surface area contributed by atoms with Crippen LogP contribution in [0.1, 0.15) is 11.1 Å². The number of rotatable bonds is 2. The van der Waals surface area contributed by atoms with Crippen molar-refractivity contribution in [2.75, 3.05) is 0 Å². The van der Waals surface area contributed by atoms with E-state index in [2.05, 4.69) is 59.5 Å². The van der Waals surface area contributed by atoms with Gasteiger partial charge in [0, 0.05) is 0 Å². The summed E-state index contributed by atoms with van der Waals surface area (Å²) in [5, 5.41) is 0. The summed E-state index contributed by atoms with van der Waals surface area (Å²) < 4.78 is 2.00. The van der Waals surface area contributed by atoms with Gasteiger partial charge in [0.2, 0.25) is 0 Å². The fourth-order valence-corrected chi connectivity index (χ4v) is 1.23. The van der Waals surface area contributed by atoms with Crippen LogP contribution in [0.5, 0.6) is 0 Å². The standard InChI is InChI=1S/C10H9I/c1-2-9-3-5-10(6-4-9)7-8-11/h2-8H,1H2. The second-order valence-electron chi connectivity index (χ2n) is 2.16. The van der Waals surface area contributed by atoms with Gasteiger partial charge in [-0.25, -0.2) is 0 Å². The Hall–Kier alpha value is -0.570. The molecule has 56 valence electrons. The zero-order valence-electron chi connectivity index (χ0n) is 6.13. The molecule has 0 nitrogen and oxygen atoms in total. The first-order valence-corrected chi connectivity index (χ1v) is 4.60. The molecule has 1 heteroatoms. The number of halogens is 1. The SMILES string of the molecule is C=Cc1ccc(C=CI)cc1. The molecule has 0 aliphatic rings. The van der Waals surface area contributed by atoms with Crippen LogP contribution >= 0.6 is 22.6 Å². The van der Waals surface area contributed by atoms with Gasteiger partial charge in [-0.2, -0.15) is 0 Å². The molecule has 1 rings (SSSR count). The first-order valence-electron chi connectivity index (χ1n) is 3.36. The van der Waals surface area contributed by atoms with E-state index in [1.807, 2.05) is 10.2 Å². The second kappa shape index (κ2) is 4.34. The Morgan fingerprint density at radius 3 is 2.09 bits per heavy atom. The Balaban J connectivity index is 2.91. The molecular formula is C10H9I. The van der Waals surface area contributed by atoms with Crippen LogP contribution in [0.4, 0.5) is 0 Å². The van der Waals surface area contributed by atoms with Gasteiger partial charge in [-0.3, -0.25) is 0 Å². The van der Waals surface area contributed by atoms with E-state index in [9.17, 15) is 0 Å². The quantitative estimate of drug-likeness (QED) is 0.707. The Labute approximate surface area is 80.8 Å². The molecule has 1 aromatic rings. The molecule has 0 N–H and O–H groups in total. The van der Waals surface area contributed by atoms with Crippen LogP contribution in [-0.2, 0) is 0 Å². The van der Waals surface area contributed by atoms with Crippen LogP contribution in [0.25, 0.3) is 12.2 Å². The molecular weight excluding hydrogens is 247 g/mol. The molecule has 1 aromatic carbocycles. The normalized spacial score (nSPS) is 10.3. The average molecular weight is 256 g/mol. The molecule has 0 unspecified atom stereocenters. The first kappa shape index (κ1) is 8.53. The molecule has 11 heavy (non-hydrogen) atoms. The summed E-state index contributed by atoms with van der Waals surface area (Å²) in [5.41, 5.74) is 2.39. The summed E-state index contributed by atoms with van der Waals surface area (Å²) >= 11 is 2.21. The number of hydrogen-bond acceptors (Lipinski definition) is 0. The highest BCUT2D eigenvalue weighted by molar-refractivity contribution is 14.1. The van der Waals surface area contributed by atoms with E-state index in [1.165, 1.54) is 5.56 Å². The van der Waals surface area contributed by atoms with Crippen molar-refractivity contribution in [2.24, 2.45) is 0 Å². The van der Waals surface area contributed by atoms with Gasteiger partial charge in [-0.05, 0) is 21.3 Å². The van der Waals surface area contributed by atoms with E-state index in [-0.39, 0.29) is 0 Å². The minimum Gasteiger partial charge on any atom is -0.0985 e. The summed E-state index contributed by atoms with van der Waals surface area (Å²) in [6, 6.07) is 8.26. The highest BCUT2D eigenvalue weighted by Gasteiger charge is 1.85. The van der Waals surface area contributed by atoms with Crippen LogP contribution in [0.2, 0.25) is 0 Å². The summed E-state index contributed by atoms with van der Waals surface area (Å²) in [5.74, 6) is 0. The Morgan fingerprint density at radius 1 is 1.09 bits per heavy atom. The molecule has 0 fully saturated rings. The zero-order chi connectivity index (χ0) is 8.10. The Kier molecular flexibility index (Phi) is 3.36. The van der Waals surface area contributed by atoms with Crippen molar-refractivity contribution in [3.8, 4) is 0 Å². The lowest BCUT2D eigenvalue weighted by Crippen LogP contribution is -1.72. The van der Waals surface area contributed by atoms with Crippen molar-refractivity contribution in [1.29, 1.82) is 0 Å². The lowest BCUT2D eigenvalue weighted by molar-refractivity contribution is 1.63. The lowest BCUT2D eigenvalue weighted by Gasteiger charge is -1.93. The van der Waals surface area contributed by atoms with Crippen molar-refractivity contribution < 1.29 is 0 Å². The fourth-order valence-electron chi connectivity index (χ4n) is 0.816. The molecule has 0 aliphatic heterocycles. The maximum Gasteiger partial charge on any atom is -0.0228 e. The van der Waals surface area contributed by atoms with Crippen LogP contribution in [0.15, 0.2) is 34.9 Å². The third-order valence-electron chi connectivity index (χ3n) is 1.43. The van der Waals surface area contributed by atoms with E-state index in [1.54, 1.807) is 0 Å². The van der Waals surface area contributed by atoms with E-state index in [0.29, 0.717) is 0 Å². The van der Waals surface area contributed by atoms with E-state index in [0.717, 1.165) is 5.56 Å². The topological polar surface area (TPSA) is 0 Å². The minimum atomic E-state index is 1.16. The number of hydrogen-bond donors (Lipinski definition) is 0. The zero-order valence-corrected chi connectivity index (χ0v) is 8.28. The second-order valence-corrected chi connectivity index (χ2v) is 2.88. The van der Waals surface area contributed by atoms with Gasteiger partial charge in [0.1, 0.15) is 0 Å². The molecule has 0 radical (unpaired) electrons. The van der Waals surface area contributed by atoms with Crippen molar-refractivity contribution in [1.82, 2.24) is 0 Å². The van der Waals surface area contributed by atoms with Crippen LogP contribution < -0.4 is 0 Å². The van der Waals surface area contributed by atoms with Crippen LogP contribution in [0, 0.1) is 0 Å².